The summed E-state index contributed by atoms with van der Waals surface area (Å²) in [7, 11) is 4.08. The van der Waals surface area contributed by atoms with Gasteiger partial charge in [0.2, 0.25) is 0 Å². The number of rotatable bonds is 6. The molecule has 1 aromatic carbocycles. The minimum Gasteiger partial charge on any atom is -0.379 e. The average Bonchev–Trinajstić information content (AvgIpc) is 3.12. The van der Waals surface area contributed by atoms with Gasteiger partial charge in [0, 0.05) is 43.5 Å². The molecule has 0 amide bonds. The fourth-order valence-electron chi connectivity index (χ4n) is 3.22. The van der Waals surface area contributed by atoms with Gasteiger partial charge in [0.05, 0.1) is 25.8 Å². The van der Waals surface area contributed by atoms with E-state index in [1.807, 2.05) is 31.5 Å². The predicted molar refractivity (Wildman–Crippen MR) is 129 cm³/mol. The van der Waals surface area contributed by atoms with Crippen molar-refractivity contribution in [1.29, 1.82) is 0 Å². The summed E-state index contributed by atoms with van der Waals surface area (Å²) in [5, 5.41) is 3.59. The Balaban J connectivity index is 0.00000280. The van der Waals surface area contributed by atoms with E-state index < -0.39 is 0 Å². The zero-order chi connectivity index (χ0) is 19.1. The molecule has 0 radical (unpaired) electrons. The number of aryl methyl sites for hydroxylation is 1. The van der Waals surface area contributed by atoms with Crippen molar-refractivity contribution in [2.75, 3.05) is 46.9 Å². The van der Waals surface area contributed by atoms with E-state index in [2.05, 4.69) is 58.4 Å². The molecule has 2 heterocycles. The summed E-state index contributed by atoms with van der Waals surface area (Å²) < 4.78 is 5.55. The van der Waals surface area contributed by atoms with E-state index in [9.17, 15) is 0 Å². The van der Waals surface area contributed by atoms with Gasteiger partial charge in [0.25, 0.3) is 0 Å². The average molecular weight is 514 g/mol. The number of aliphatic imine (C=N–C) groups is 1. The molecule has 7 heteroatoms. The van der Waals surface area contributed by atoms with Crippen LogP contribution in [0.1, 0.15) is 21.4 Å². The normalized spacial score (nSPS) is 16.3. The first kappa shape index (κ1) is 23.1. The maximum Gasteiger partial charge on any atom is 0.193 e. The van der Waals surface area contributed by atoms with Crippen molar-refractivity contribution in [3.63, 3.8) is 0 Å². The Hall–Kier alpha value is -1.16. The first-order chi connectivity index (χ1) is 13.1. The smallest absolute Gasteiger partial charge is 0.193 e. The molecule has 0 spiro atoms. The Labute approximate surface area is 189 Å². The van der Waals surface area contributed by atoms with Crippen molar-refractivity contribution in [1.82, 2.24) is 15.1 Å². The van der Waals surface area contributed by atoms with Crippen molar-refractivity contribution >= 4 is 41.3 Å². The molecule has 1 aromatic heterocycles. The topological polar surface area (TPSA) is 40.1 Å². The van der Waals surface area contributed by atoms with Crippen molar-refractivity contribution in [2.24, 2.45) is 4.99 Å². The van der Waals surface area contributed by atoms with Crippen molar-refractivity contribution in [2.45, 2.75) is 19.5 Å². The second kappa shape index (κ2) is 11.7. The molecule has 1 aliphatic rings. The van der Waals surface area contributed by atoms with Gasteiger partial charge >= 0.3 is 0 Å². The van der Waals surface area contributed by atoms with Gasteiger partial charge in [-0.2, -0.15) is 0 Å². The van der Waals surface area contributed by atoms with Crippen LogP contribution in [0, 0.1) is 6.92 Å². The standard InChI is InChI=1S/C21H30N4OS.HI/c1-17-9-10-20(27-17)19(25-11-13-26-14-12-25)16-23-21(24(2)3)22-15-18-7-5-4-6-8-18;/h4-10,19H,11-16H2,1-3H3,(H,22,23);1H. The fourth-order valence-corrected chi connectivity index (χ4v) is 4.24. The van der Waals surface area contributed by atoms with Gasteiger partial charge in [-0.05, 0) is 24.6 Å². The molecular weight excluding hydrogens is 483 g/mol. The van der Waals surface area contributed by atoms with Crippen LogP contribution in [0.3, 0.4) is 0 Å². The molecule has 1 saturated heterocycles. The lowest BCUT2D eigenvalue weighted by Gasteiger charge is -2.34. The number of benzene rings is 1. The SMILES string of the molecule is Cc1ccc(C(CNC(=NCc2ccccc2)N(C)C)N2CCOCC2)s1.I. The molecule has 1 N–H and O–H groups in total. The van der Waals surface area contributed by atoms with Crippen LogP contribution in [-0.2, 0) is 11.3 Å². The molecule has 1 unspecified atom stereocenters. The lowest BCUT2D eigenvalue weighted by molar-refractivity contribution is 0.0176. The van der Waals surface area contributed by atoms with Crippen LogP contribution in [0.15, 0.2) is 47.5 Å². The Morgan fingerprint density at radius 2 is 1.89 bits per heavy atom. The number of hydrogen-bond donors (Lipinski definition) is 1. The maximum atomic E-state index is 5.55. The van der Waals surface area contributed by atoms with Crippen molar-refractivity contribution < 1.29 is 4.74 Å². The number of hydrogen-bond acceptors (Lipinski definition) is 4. The number of thiophene rings is 1. The third-order valence-corrected chi connectivity index (χ3v) is 5.81. The fraction of sp³-hybridized carbons (Fsp3) is 0.476. The predicted octanol–water partition coefficient (Wildman–Crippen LogP) is 3.76. The van der Waals surface area contributed by atoms with Gasteiger partial charge in [-0.15, -0.1) is 35.3 Å². The Morgan fingerprint density at radius 3 is 2.50 bits per heavy atom. The molecule has 5 nitrogen and oxygen atoms in total. The third-order valence-electron chi connectivity index (χ3n) is 4.71. The van der Waals surface area contributed by atoms with Crippen LogP contribution in [0.25, 0.3) is 0 Å². The molecule has 0 saturated carbocycles. The molecule has 1 atom stereocenters. The Kier molecular flexibility index (Phi) is 9.70. The summed E-state index contributed by atoms with van der Waals surface area (Å²) in [5.74, 6) is 0.922. The van der Waals surface area contributed by atoms with Gasteiger partial charge in [-0.3, -0.25) is 4.90 Å². The molecule has 3 rings (SSSR count). The van der Waals surface area contributed by atoms with Gasteiger partial charge in [-0.25, -0.2) is 4.99 Å². The lowest BCUT2D eigenvalue weighted by Crippen LogP contribution is -2.45. The highest BCUT2D eigenvalue weighted by atomic mass is 127. The molecule has 154 valence electrons. The summed E-state index contributed by atoms with van der Waals surface area (Å²) in [5.41, 5.74) is 1.22. The Morgan fingerprint density at radius 1 is 1.18 bits per heavy atom. The van der Waals surface area contributed by atoms with Gasteiger partial charge < -0.3 is 15.0 Å². The van der Waals surface area contributed by atoms with Gasteiger partial charge in [0.15, 0.2) is 5.96 Å². The van der Waals surface area contributed by atoms with E-state index in [1.54, 1.807) is 0 Å². The molecular formula is C21H31IN4OS. The number of nitrogens with zero attached hydrogens (tertiary/aromatic N) is 3. The van der Waals surface area contributed by atoms with Crippen LogP contribution >= 0.6 is 35.3 Å². The number of ether oxygens (including phenoxy) is 1. The zero-order valence-corrected chi connectivity index (χ0v) is 20.1. The highest BCUT2D eigenvalue weighted by Crippen LogP contribution is 2.27. The Bertz CT molecular complexity index is 729. The quantitative estimate of drug-likeness (QED) is 0.362. The van der Waals surface area contributed by atoms with Crippen molar-refractivity contribution in [3.8, 4) is 0 Å². The van der Waals surface area contributed by atoms with E-state index in [-0.39, 0.29) is 24.0 Å². The molecule has 1 fully saturated rings. The van der Waals surface area contributed by atoms with E-state index >= 15 is 0 Å². The number of guanidine groups is 1. The number of halogens is 1. The van der Waals surface area contributed by atoms with Crippen LogP contribution < -0.4 is 5.32 Å². The molecule has 28 heavy (non-hydrogen) atoms. The lowest BCUT2D eigenvalue weighted by atomic mass is 10.2. The van der Waals surface area contributed by atoms with Crippen LogP contribution in [0.2, 0.25) is 0 Å². The summed E-state index contributed by atoms with van der Waals surface area (Å²) in [4.78, 5) is 12.1. The molecule has 2 aromatic rings. The van der Waals surface area contributed by atoms with Crippen LogP contribution in [0.5, 0.6) is 0 Å². The van der Waals surface area contributed by atoms with Crippen LogP contribution in [-0.4, -0.2) is 62.7 Å². The van der Waals surface area contributed by atoms with Crippen molar-refractivity contribution in [3.05, 3.63) is 57.8 Å². The first-order valence-corrected chi connectivity index (χ1v) is 10.3. The molecule has 1 aliphatic heterocycles. The second-order valence-electron chi connectivity index (χ2n) is 7.01. The molecule has 0 bridgehead atoms. The summed E-state index contributed by atoms with van der Waals surface area (Å²) >= 11 is 1.88. The van der Waals surface area contributed by atoms with Gasteiger partial charge in [0.1, 0.15) is 0 Å². The highest BCUT2D eigenvalue weighted by molar-refractivity contribution is 14.0. The van der Waals surface area contributed by atoms with Gasteiger partial charge in [-0.1, -0.05) is 30.3 Å². The monoisotopic (exact) mass is 514 g/mol. The first-order valence-electron chi connectivity index (χ1n) is 9.51. The van der Waals surface area contributed by atoms with Crippen LogP contribution in [0.4, 0.5) is 0 Å². The summed E-state index contributed by atoms with van der Waals surface area (Å²) in [6, 6.07) is 15.2. The largest absolute Gasteiger partial charge is 0.379 e. The third kappa shape index (κ3) is 6.72. The highest BCUT2D eigenvalue weighted by Gasteiger charge is 2.24. The van der Waals surface area contributed by atoms with E-state index in [0.717, 1.165) is 38.8 Å². The number of morpholine rings is 1. The maximum absolute atomic E-state index is 5.55. The summed E-state index contributed by atoms with van der Waals surface area (Å²) in [6.07, 6.45) is 0. The summed E-state index contributed by atoms with van der Waals surface area (Å²) in [6.45, 7) is 7.26. The van der Waals surface area contributed by atoms with E-state index in [4.69, 9.17) is 9.73 Å². The second-order valence-corrected chi connectivity index (χ2v) is 8.33. The molecule has 0 aliphatic carbocycles. The van der Waals surface area contributed by atoms with E-state index in [0.29, 0.717) is 12.6 Å². The number of nitrogens with one attached hydrogen (secondary N) is 1. The minimum atomic E-state index is 0. The zero-order valence-electron chi connectivity index (χ0n) is 16.9. The van der Waals surface area contributed by atoms with E-state index in [1.165, 1.54) is 15.3 Å². The minimum absolute atomic E-state index is 0.